The van der Waals surface area contributed by atoms with E-state index in [4.69, 9.17) is 14.8 Å². The zero-order valence-corrected chi connectivity index (χ0v) is 23.3. The molecule has 0 aliphatic carbocycles. The second-order valence-electron chi connectivity index (χ2n) is 10.4. The fourth-order valence-corrected chi connectivity index (χ4v) is 6.71. The van der Waals surface area contributed by atoms with Crippen LogP contribution in [0.4, 0.5) is 19.0 Å². The van der Waals surface area contributed by atoms with Crippen molar-refractivity contribution in [1.29, 1.82) is 0 Å². The summed E-state index contributed by atoms with van der Waals surface area (Å²) in [6.07, 6.45) is -1.04. The molecule has 1 N–H and O–H groups in total. The SMILES string of the molecule is Cc1c(Cc2c(CN3CCS(=O)(=O)CC3)nc3c(-c4cnc[nH]4)cc(N4CCOCC4)nn23)cccc1C(F)(F)F. The van der Waals surface area contributed by atoms with E-state index in [1.165, 1.54) is 13.0 Å². The number of hydrogen-bond donors (Lipinski definition) is 1. The topological polar surface area (TPSA) is 109 Å². The van der Waals surface area contributed by atoms with Crippen LogP contribution in [-0.4, -0.2) is 88.8 Å². The number of halogens is 3. The molecule has 10 nitrogen and oxygen atoms in total. The van der Waals surface area contributed by atoms with Crippen molar-refractivity contribution >= 4 is 21.3 Å². The van der Waals surface area contributed by atoms with Gasteiger partial charge < -0.3 is 14.6 Å². The molecule has 0 bridgehead atoms. The lowest BCUT2D eigenvalue weighted by Crippen LogP contribution is -2.39. The molecular formula is C27H30F3N7O3S. The Labute approximate surface area is 235 Å². The zero-order chi connectivity index (χ0) is 28.8. The first kappa shape index (κ1) is 27.7. The van der Waals surface area contributed by atoms with E-state index >= 15 is 0 Å². The van der Waals surface area contributed by atoms with Gasteiger partial charge in [0.15, 0.2) is 21.3 Å². The summed E-state index contributed by atoms with van der Waals surface area (Å²) < 4.78 is 72.6. The highest BCUT2D eigenvalue weighted by Crippen LogP contribution is 2.35. The molecule has 6 rings (SSSR count). The van der Waals surface area contributed by atoms with Crippen LogP contribution in [0.15, 0.2) is 36.8 Å². The number of sulfone groups is 1. The molecular weight excluding hydrogens is 559 g/mol. The average molecular weight is 590 g/mol. The zero-order valence-electron chi connectivity index (χ0n) is 22.5. The summed E-state index contributed by atoms with van der Waals surface area (Å²) in [5.74, 6) is 0.808. The van der Waals surface area contributed by atoms with Crippen molar-refractivity contribution in [3.05, 3.63) is 64.9 Å². The fraction of sp³-hybridized carbons (Fsp3) is 0.444. The van der Waals surface area contributed by atoms with E-state index in [2.05, 4.69) is 14.9 Å². The Morgan fingerprint density at radius 2 is 1.85 bits per heavy atom. The Bertz CT molecular complexity index is 1650. The number of H-pyrrole nitrogens is 1. The van der Waals surface area contributed by atoms with Gasteiger partial charge in [0.25, 0.3) is 0 Å². The van der Waals surface area contributed by atoms with Crippen molar-refractivity contribution in [1.82, 2.24) is 29.5 Å². The molecule has 14 heteroatoms. The van der Waals surface area contributed by atoms with Crippen LogP contribution in [0, 0.1) is 6.92 Å². The summed E-state index contributed by atoms with van der Waals surface area (Å²) in [6, 6.07) is 6.15. The van der Waals surface area contributed by atoms with Crippen LogP contribution in [0.25, 0.3) is 16.9 Å². The minimum atomic E-state index is -4.47. The number of imidazole rings is 2. The first-order chi connectivity index (χ1) is 19.6. The van der Waals surface area contributed by atoms with E-state index in [1.807, 2.05) is 11.0 Å². The molecule has 0 atom stereocenters. The number of anilines is 1. The third-order valence-electron chi connectivity index (χ3n) is 7.79. The lowest BCUT2D eigenvalue weighted by atomic mass is 9.98. The van der Waals surface area contributed by atoms with Gasteiger partial charge in [0.2, 0.25) is 0 Å². The van der Waals surface area contributed by atoms with E-state index in [-0.39, 0.29) is 23.5 Å². The number of alkyl halides is 3. The number of rotatable bonds is 6. The molecule has 0 saturated carbocycles. The van der Waals surface area contributed by atoms with Crippen molar-refractivity contribution in [2.75, 3.05) is 55.8 Å². The molecule has 2 fully saturated rings. The minimum absolute atomic E-state index is 0.0568. The van der Waals surface area contributed by atoms with E-state index < -0.39 is 21.6 Å². The van der Waals surface area contributed by atoms with Crippen LogP contribution in [0.2, 0.25) is 0 Å². The summed E-state index contributed by atoms with van der Waals surface area (Å²) in [5, 5.41) is 4.96. The highest BCUT2D eigenvalue weighted by Gasteiger charge is 2.33. The van der Waals surface area contributed by atoms with Crippen LogP contribution in [0.3, 0.4) is 0 Å². The van der Waals surface area contributed by atoms with Gasteiger partial charge in [-0.05, 0) is 30.2 Å². The lowest BCUT2D eigenvalue weighted by molar-refractivity contribution is -0.138. The van der Waals surface area contributed by atoms with Gasteiger partial charge in [-0.3, -0.25) is 4.90 Å². The van der Waals surface area contributed by atoms with Crippen molar-refractivity contribution < 1.29 is 26.3 Å². The second-order valence-corrected chi connectivity index (χ2v) is 12.7. The van der Waals surface area contributed by atoms with Crippen LogP contribution in [0.5, 0.6) is 0 Å². The average Bonchev–Trinajstić information content (AvgIpc) is 3.59. The normalized spacial score (nSPS) is 18.3. The molecule has 2 aliphatic heterocycles. The Morgan fingerprint density at radius 1 is 1.10 bits per heavy atom. The molecule has 4 aromatic rings. The van der Waals surface area contributed by atoms with Gasteiger partial charge in [0.1, 0.15) is 0 Å². The molecule has 2 saturated heterocycles. The first-order valence-corrected chi connectivity index (χ1v) is 15.2. The molecule has 3 aromatic heterocycles. The second kappa shape index (κ2) is 10.7. The van der Waals surface area contributed by atoms with E-state index in [1.54, 1.807) is 23.1 Å². The maximum atomic E-state index is 13.8. The largest absolute Gasteiger partial charge is 0.416 e. The molecule has 41 heavy (non-hydrogen) atoms. The standard InChI is InChI=1S/C27H30F3N7O3S/c1-18-19(3-2-4-21(18)27(28,29)30)13-24-23(16-35-7-11-41(38,39)12-8-35)33-26-20(22-15-31-17-32-22)14-25(34-37(24)26)36-5-9-40-10-6-36/h2-4,14-15,17H,5-13,16H2,1H3,(H,31,32). The van der Waals surface area contributed by atoms with Crippen molar-refractivity contribution in [2.45, 2.75) is 26.1 Å². The van der Waals surface area contributed by atoms with E-state index in [9.17, 15) is 21.6 Å². The van der Waals surface area contributed by atoms with Crippen molar-refractivity contribution in [3.63, 3.8) is 0 Å². The predicted octanol–water partition coefficient (Wildman–Crippen LogP) is 3.10. The summed E-state index contributed by atoms with van der Waals surface area (Å²) >= 11 is 0. The highest BCUT2D eigenvalue weighted by molar-refractivity contribution is 7.91. The Kier molecular flexibility index (Phi) is 7.24. The number of nitrogens with one attached hydrogen (secondary N) is 1. The number of morpholine rings is 1. The van der Waals surface area contributed by atoms with Gasteiger partial charge in [-0.25, -0.2) is 22.9 Å². The number of nitrogens with zero attached hydrogens (tertiary/aromatic N) is 6. The summed E-state index contributed by atoms with van der Waals surface area (Å²) in [6.45, 7) is 4.96. The third kappa shape index (κ3) is 5.68. The first-order valence-electron chi connectivity index (χ1n) is 13.4. The van der Waals surface area contributed by atoms with Crippen LogP contribution in [-0.2, 0) is 33.7 Å². The van der Waals surface area contributed by atoms with Gasteiger partial charge in [-0.1, -0.05) is 12.1 Å². The van der Waals surface area contributed by atoms with Crippen molar-refractivity contribution in [3.8, 4) is 11.3 Å². The number of fused-ring (bicyclic) bond motifs is 1. The number of aromatic nitrogens is 5. The maximum Gasteiger partial charge on any atom is 0.416 e. The molecule has 2 aliphatic rings. The lowest BCUT2D eigenvalue weighted by Gasteiger charge is -2.28. The Morgan fingerprint density at radius 3 is 2.54 bits per heavy atom. The predicted molar refractivity (Wildman–Crippen MR) is 147 cm³/mol. The number of hydrogen-bond acceptors (Lipinski definition) is 8. The molecule has 0 unspecified atom stereocenters. The maximum absolute atomic E-state index is 13.8. The van der Waals surface area contributed by atoms with Crippen LogP contribution in [0.1, 0.15) is 28.1 Å². The van der Waals surface area contributed by atoms with E-state index in [0.29, 0.717) is 74.4 Å². The third-order valence-corrected chi connectivity index (χ3v) is 9.40. The number of ether oxygens (including phenoxy) is 1. The molecule has 1 aromatic carbocycles. The summed E-state index contributed by atoms with van der Waals surface area (Å²) in [4.78, 5) is 16.4. The highest BCUT2D eigenvalue weighted by atomic mass is 32.2. The quantitative estimate of drug-likeness (QED) is 0.366. The van der Waals surface area contributed by atoms with Gasteiger partial charge >= 0.3 is 6.18 Å². The van der Waals surface area contributed by atoms with Gasteiger partial charge in [-0.15, -0.1) is 5.10 Å². The van der Waals surface area contributed by atoms with Gasteiger partial charge in [0.05, 0.1) is 59.9 Å². The number of benzene rings is 1. The smallest absolute Gasteiger partial charge is 0.378 e. The van der Waals surface area contributed by atoms with E-state index in [0.717, 1.165) is 17.3 Å². The molecule has 0 spiro atoms. The molecule has 218 valence electrons. The summed E-state index contributed by atoms with van der Waals surface area (Å²) in [7, 11) is -3.08. The summed E-state index contributed by atoms with van der Waals surface area (Å²) in [5.41, 5.74) is 3.34. The fourth-order valence-electron chi connectivity index (χ4n) is 5.43. The van der Waals surface area contributed by atoms with Crippen molar-refractivity contribution in [2.24, 2.45) is 0 Å². The minimum Gasteiger partial charge on any atom is -0.378 e. The van der Waals surface area contributed by atoms with Gasteiger partial charge in [0, 0.05) is 44.7 Å². The van der Waals surface area contributed by atoms with Gasteiger partial charge in [-0.2, -0.15) is 13.2 Å². The molecule has 5 heterocycles. The Hall–Kier alpha value is -3.49. The van der Waals surface area contributed by atoms with Crippen LogP contribution < -0.4 is 4.90 Å². The van der Waals surface area contributed by atoms with Crippen LogP contribution >= 0.6 is 0 Å². The molecule has 0 radical (unpaired) electrons. The Balaban J connectivity index is 1.51. The number of aromatic amines is 1. The molecule has 0 amide bonds. The monoisotopic (exact) mass is 589 g/mol.